The summed E-state index contributed by atoms with van der Waals surface area (Å²) in [5.74, 6) is 1.11. The molecule has 4 unspecified atom stereocenters. The molecular weight excluding hydrogens is 476 g/mol. The third-order valence-electron chi connectivity index (χ3n) is 7.20. The number of rotatable bonds is 6. The maximum Gasteiger partial charge on any atom is 0.246 e. The van der Waals surface area contributed by atoms with Gasteiger partial charge < -0.3 is 25.6 Å². The maximum atomic E-state index is 13.8. The number of methoxy groups -OCH3 is 1. The molecule has 3 N–H and O–H groups in total. The minimum absolute atomic E-state index is 0.0626. The lowest BCUT2D eigenvalue weighted by atomic mass is 9.83. The van der Waals surface area contributed by atoms with Crippen LogP contribution in [0.2, 0.25) is 0 Å². The number of nitrogens with one attached hydrogen (secondary N) is 3. The van der Waals surface area contributed by atoms with E-state index in [4.69, 9.17) is 4.74 Å². The number of benzene rings is 1. The van der Waals surface area contributed by atoms with Gasteiger partial charge >= 0.3 is 0 Å². The van der Waals surface area contributed by atoms with Gasteiger partial charge in [-0.3, -0.25) is 14.4 Å². The predicted molar refractivity (Wildman–Crippen MR) is 142 cm³/mol. The van der Waals surface area contributed by atoms with E-state index in [1.165, 1.54) is 5.56 Å². The fraction of sp³-hybridized carbons (Fsp3) is 0.593. The first-order chi connectivity index (χ1) is 17.2. The van der Waals surface area contributed by atoms with E-state index >= 15 is 0 Å². The summed E-state index contributed by atoms with van der Waals surface area (Å²) >= 11 is 1.71. The van der Waals surface area contributed by atoms with Crippen LogP contribution in [0.25, 0.3) is 0 Å². The molecule has 36 heavy (non-hydrogen) atoms. The summed E-state index contributed by atoms with van der Waals surface area (Å²) in [6, 6.07) is 4.76. The summed E-state index contributed by atoms with van der Waals surface area (Å²) in [6.45, 7) is 4.28. The molecule has 1 aromatic carbocycles. The molecule has 4 rings (SSSR count). The number of nitrogens with zero attached hydrogens (tertiary/aromatic N) is 1. The van der Waals surface area contributed by atoms with Gasteiger partial charge in [0.15, 0.2) is 0 Å². The molecule has 8 nitrogen and oxygen atoms in total. The Balaban J connectivity index is 0.00000176. The van der Waals surface area contributed by atoms with Crippen LogP contribution in [-0.2, 0) is 20.8 Å². The first-order valence-corrected chi connectivity index (χ1v) is 13.5. The Kier molecular flexibility index (Phi) is 9.31. The van der Waals surface area contributed by atoms with Crippen molar-refractivity contribution in [2.75, 3.05) is 26.5 Å². The van der Waals surface area contributed by atoms with Gasteiger partial charge in [-0.2, -0.15) is 0 Å². The summed E-state index contributed by atoms with van der Waals surface area (Å²) < 4.78 is 5.37. The van der Waals surface area contributed by atoms with Crippen LogP contribution in [-0.4, -0.2) is 66.5 Å². The van der Waals surface area contributed by atoms with Crippen molar-refractivity contribution in [3.05, 3.63) is 29.3 Å². The van der Waals surface area contributed by atoms with E-state index in [1.807, 2.05) is 12.1 Å². The topological polar surface area (TPSA) is 99.8 Å². The van der Waals surface area contributed by atoms with Crippen LogP contribution in [0, 0.1) is 18.3 Å². The Hall–Kier alpha value is -2.70. The van der Waals surface area contributed by atoms with Crippen LogP contribution in [0.4, 0.5) is 0 Å². The lowest BCUT2D eigenvalue weighted by Crippen LogP contribution is -2.57. The van der Waals surface area contributed by atoms with E-state index in [0.717, 1.165) is 42.7 Å². The van der Waals surface area contributed by atoms with E-state index in [-0.39, 0.29) is 41.1 Å². The van der Waals surface area contributed by atoms with Gasteiger partial charge in [0.1, 0.15) is 17.8 Å². The van der Waals surface area contributed by atoms with Crippen LogP contribution < -0.4 is 20.7 Å². The smallest absolute Gasteiger partial charge is 0.246 e. The van der Waals surface area contributed by atoms with Crippen LogP contribution in [0.5, 0.6) is 5.75 Å². The molecule has 2 saturated heterocycles. The van der Waals surface area contributed by atoms with Crippen LogP contribution >= 0.6 is 11.8 Å². The number of fused-ring (bicyclic) bond motifs is 2. The van der Waals surface area contributed by atoms with E-state index in [1.54, 1.807) is 30.8 Å². The van der Waals surface area contributed by atoms with Gasteiger partial charge in [-0.05, 0) is 73.6 Å². The lowest BCUT2D eigenvalue weighted by Gasteiger charge is -2.36. The first kappa shape index (κ1) is 27.9. The second kappa shape index (κ2) is 12.0. The number of thioether (sulfide) groups is 1. The van der Waals surface area contributed by atoms with Crippen molar-refractivity contribution in [1.82, 2.24) is 20.9 Å². The molecule has 1 aliphatic carbocycles. The Morgan fingerprint density at radius 2 is 1.94 bits per heavy atom. The second-order valence-electron chi connectivity index (χ2n) is 10.1. The quantitative estimate of drug-likeness (QED) is 0.504. The number of carbonyl (C=O) groups is 3. The fourth-order valence-corrected chi connectivity index (χ4v) is 7.15. The normalized spacial score (nSPS) is 26.4. The minimum atomic E-state index is -0.606. The molecule has 3 aliphatic rings. The summed E-state index contributed by atoms with van der Waals surface area (Å²) in [7, 11) is 3.36. The Morgan fingerprint density at radius 1 is 1.19 bits per heavy atom. The van der Waals surface area contributed by atoms with Crippen molar-refractivity contribution in [2.45, 2.75) is 69.5 Å². The van der Waals surface area contributed by atoms with E-state index in [0.29, 0.717) is 6.42 Å². The molecular formula is C27H38N4O4S. The van der Waals surface area contributed by atoms with Gasteiger partial charge in [0.2, 0.25) is 17.7 Å². The molecule has 0 aromatic heterocycles. The average Bonchev–Trinajstić information content (AvgIpc) is 3.05. The Labute approximate surface area is 218 Å². The Morgan fingerprint density at radius 3 is 2.64 bits per heavy atom. The van der Waals surface area contributed by atoms with Crippen molar-refractivity contribution < 1.29 is 19.1 Å². The van der Waals surface area contributed by atoms with Crippen LogP contribution in [0.15, 0.2) is 18.2 Å². The number of likely N-dealkylation sites (N-methyl/N-ethyl adjacent to an activating group) is 1. The van der Waals surface area contributed by atoms with E-state index < -0.39 is 12.1 Å². The molecule has 4 atom stereocenters. The largest absolute Gasteiger partial charge is 0.497 e. The van der Waals surface area contributed by atoms with Crippen molar-refractivity contribution >= 4 is 29.5 Å². The van der Waals surface area contributed by atoms with Gasteiger partial charge in [0, 0.05) is 0 Å². The number of amides is 3. The highest BCUT2D eigenvalue weighted by molar-refractivity contribution is 7.99. The minimum Gasteiger partial charge on any atom is -0.497 e. The lowest BCUT2D eigenvalue weighted by molar-refractivity contribution is -0.143. The van der Waals surface area contributed by atoms with Crippen molar-refractivity contribution in [2.24, 2.45) is 5.41 Å². The molecule has 2 aliphatic heterocycles. The SMILES string of the molecule is C#C.CNCC(=O)NC1CCSC2CC(C)(C)C(C(=O)NC3CCCc4cc(OC)ccc43)N2C1=O. The number of hydrogen-bond acceptors (Lipinski definition) is 6. The van der Waals surface area contributed by atoms with Gasteiger partial charge in [-0.1, -0.05) is 19.9 Å². The number of terminal acetylenes is 1. The monoisotopic (exact) mass is 514 g/mol. The zero-order valence-corrected chi connectivity index (χ0v) is 22.5. The highest BCUT2D eigenvalue weighted by atomic mass is 32.2. The van der Waals surface area contributed by atoms with E-state index in [9.17, 15) is 14.4 Å². The number of aryl methyl sites for hydroxylation is 1. The summed E-state index contributed by atoms with van der Waals surface area (Å²) in [6.07, 6.45) is 12.1. The molecule has 0 spiro atoms. The van der Waals surface area contributed by atoms with Gasteiger partial charge in [-0.15, -0.1) is 24.6 Å². The van der Waals surface area contributed by atoms with Gasteiger partial charge in [-0.25, -0.2) is 0 Å². The van der Waals surface area contributed by atoms with Crippen LogP contribution in [0.1, 0.15) is 56.7 Å². The summed E-state index contributed by atoms with van der Waals surface area (Å²) in [4.78, 5) is 41.3. The zero-order valence-electron chi connectivity index (χ0n) is 21.6. The molecule has 2 fully saturated rings. The predicted octanol–water partition coefficient (Wildman–Crippen LogP) is 2.23. The number of hydrogen-bond donors (Lipinski definition) is 3. The summed E-state index contributed by atoms with van der Waals surface area (Å²) in [5.41, 5.74) is 1.96. The second-order valence-corrected chi connectivity index (χ2v) is 11.4. The van der Waals surface area contributed by atoms with Gasteiger partial charge in [0.05, 0.1) is 25.1 Å². The standard InChI is InChI=1S/C25H36N4O4S.C2H2/c1-25(2)13-21-29(24(32)19(10-11-34-21)27-20(30)14-26-3)22(25)23(31)28-18-7-5-6-15-12-16(33-4)8-9-17(15)18;1-2/h8-9,12,18-19,21-22,26H,5-7,10-11,13-14H2,1-4H3,(H,27,30)(H,28,31);1-2H. The maximum absolute atomic E-state index is 13.8. The number of carbonyl (C=O) groups excluding carboxylic acids is 3. The molecule has 0 radical (unpaired) electrons. The fourth-order valence-electron chi connectivity index (χ4n) is 5.58. The number of ether oxygens (including phenoxy) is 1. The highest BCUT2D eigenvalue weighted by Gasteiger charge is 2.54. The average molecular weight is 515 g/mol. The molecule has 2 heterocycles. The third kappa shape index (κ3) is 5.81. The highest BCUT2D eigenvalue weighted by Crippen LogP contribution is 2.46. The van der Waals surface area contributed by atoms with Crippen molar-refractivity contribution in [3.63, 3.8) is 0 Å². The third-order valence-corrected chi connectivity index (χ3v) is 8.45. The molecule has 9 heteroatoms. The van der Waals surface area contributed by atoms with Crippen LogP contribution in [0.3, 0.4) is 0 Å². The molecule has 0 saturated carbocycles. The van der Waals surface area contributed by atoms with E-state index in [2.05, 4.69) is 48.7 Å². The molecule has 196 valence electrons. The van der Waals surface area contributed by atoms with Crippen molar-refractivity contribution in [3.8, 4) is 18.6 Å². The molecule has 0 bridgehead atoms. The summed E-state index contributed by atoms with van der Waals surface area (Å²) in [5, 5.41) is 8.90. The first-order valence-electron chi connectivity index (χ1n) is 12.4. The Bertz CT molecular complexity index is 995. The zero-order chi connectivity index (χ0) is 26.5. The van der Waals surface area contributed by atoms with Crippen molar-refractivity contribution in [1.29, 1.82) is 0 Å². The van der Waals surface area contributed by atoms with Gasteiger partial charge in [0.25, 0.3) is 0 Å². The molecule has 3 amide bonds. The molecule has 1 aromatic rings.